The van der Waals surface area contributed by atoms with Gasteiger partial charge in [0.2, 0.25) is 5.88 Å². The molecule has 6 heteroatoms. The van der Waals surface area contributed by atoms with Gasteiger partial charge in [-0.3, -0.25) is 4.79 Å². The molecule has 2 aromatic heterocycles. The minimum absolute atomic E-state index is 0.147. The highest BCUT2D eigenvalue weighted by Crippen LogP contribution is 2.16. The maximum atomic E-state index is 12.1. The third-order valence-corrected chi connectivity index (χ3v) is 2.96. The smallest absolute Gasteiger partial charge is 0.258 e. The number of ether oxygens (including phenoxy) is 2. The van der Waals surface area contributed by atoms with Crippen molar-refractivity contribution < 1.29 is 9.47 Å². The Hall–Kier alpha value is -2.89. The molecule has 0 aliphatic heterocycles. The van der Waals surface area contributed by atoms with Crippen LogP contribution in [0.4, 0.5) is 0 Å². The third-order valence-electron chi connectivity index (χ3n) is 2.96. The van der Waals surface area contributed by atoms with Crippen LogP contribution in [0.25, 0.3) is 10.9 Å². The Morgan fingerprint density at radius 3 is 2.90 bits per heavy atom. The van der Waals surface area contributed by atoms with E-state index >= 15 is 0 Å². The van der Waals surface area contributed by atoms with Gasteiger partial charge >= 0.3 is 0 Å². The van der Waals surface area contributed by atoms with Gasteiger partial charge in [0.1, 0.15) is 18.2 Å². The van der Waals surface area contributed by atoms with Crippen molar-refractivity contribution in [3.8, 4) is 11.6 Å². The largest absolute Gasteiger partial charge is 0.497 e. The summed E-state index contributed by atoms with van der Waals surface area (Å²) >= 11 is 0. The molecule has 0 aliphatic carbocycles. The molecule has 0 saturated carbocycles. The highest BCUT2D eigenvalue weighted by molar-refractivity contribution is 5.79. The summed E-state index contributed by atoms with van der Waals surface area (Å²) in [5, 5.41) is 0.482. The molecule has 0 aliphatic rings. The van der Waals surface area contributed by atoms with E-state index in [-0.39, 0.29) is 12.2 Å². The molecule has 0 amide bonds. The maximum Gasteiger partial charge on any atom is 0.258 e. The van der Waals surface area contributed by atoms with Crippen LogP contribution in [-0.2, 0) is 6.61 Å². The molecular weight excluding hydrogens is 270 g/mol. The predicted octanol–water partition coefficient (Wildman–Crippen LogP) is 1.91. The normalized spacial score (nSPS) is 10.5. The standard InChI is InChI=1S/C15H13N3O3/c1-20-10-5-6-12-11(8-10)15(19)18-13(17-12)9-21-14-4-2-3-7-16-14/h2-8H,9H2,1H3,(H,17,18,19). The Morgan fingerprint density at radius 2 is 2.14 bits per heavy atom. The number of fused-ring (bicyclic) bond motifs is 1. The minimum Gasteiger partial charge on any atom is -0.497 e. The molecule has 0 unspecified atom stereocenters. The lowest BCUT2D eigenvalue weighted by atomic mass is 10.2. The molecule has 0 atom stereocenters. The number of benzene rings is 1. The molecule has 0 bridgehead atoms. The van der Waals surface area contributed by atoms with Crippen LogP contribution in [0.2, 0.25) is 0 Å². The topological polar surface area (TPSA) is 77.1 Å². The Bertz CT molecular complexity index is 815. The van der Waals surface area contributed by atoms with Crippen LogP contribution in [0.1, 0.15) is 5.82 Å². The number of aromatic amines is 1. The number of H-pyrrole nitrogens is 1. The van der Waals surface area contributed by atoms with Crippen LogP contribution in [0.3, 0.4) is 0 Å². The molecular formula is C15H13N3O3. The number of rotatable bonds is 4. The Balaban J connectivity index is 1.88. The highest BCUT2D eigenvalue weighted by Gasteiger charge is 2.06. The molecule has 3 aromatic rings. The van der Waals surface area contributed by atoms with Gasteiger partial charge in [-0.15, -0.1) is 0 Å². The maximum absolute atomic E-state index is 12.1. The summed E-state index contributed by atoms with van der Waals surface area (Å²) in [6.07, 6.45) is 1.64. The van der Waals surface area contributed by atoms with Crippen molar-refractivity contribution in [1.29, 1.82) is 0 Å². The van der Waals surface area contributed by atoms with Gasteiger partial charge in [0.15, 0.2) is 0 Å². The summed E-state index contributed by atoms with van der Waals surface area (Å²) in [6, 6.07) is 10.5. The molecule has 0 spiro atoms. The summed E-state index contributed by atoms with van der Waals surface area (Å²) in [4.78, 5) is 23.2. The summed E-state index contributed by atoms with van der Waals surface area (Å²) in [6.45, 7) is 0.147. The van der Waals surface area contributed by atoms with Gasteiger partial charge in [-0.2, -0.15) is 0 Å². The van der Waals surface area contributed by atoms with Crippen molar-refractivity contribution in [3.05, 3.63) is 58.8 Å². The molecule has 21 heavy (non-hydrogen) atoms. The lowest BCUT2D eigenvalue weighted by molar-refractivity contribution is 0.284. The Labute approximate surface area is 120 Å². The van der Waals surface area contributed by atoms with Crippen molar-refractivity contribution in [1.82, 2.24) is 15.0 Å². The predicted molar refractivity (Wildman–Crippen MR) is 77.5 cm³/mol. The molecule has 6 nitrogen and oxygen atoms in total. The van der Waals surface area contributed by atoms with Crippen molar-refractivity contribution in [3.63, 3.8) is 0 Å². The molecule has 106 valence electrons. The van der Waals surface area contributed by atoms with Crippen LogP contribution < -0.4 is 15.0 Å². The number of methoxy groups -OCH3 is 1. The van der Waals surface area contributed by atoms with Gasteiger partial charge in [-0.25, -0.2) is 9.97 Å². The molecule has 0 radical (unpaired) electrons. The number of hydrogen-bond acceptors (Lipinski definition) is 5. The van der Waals surface area contributed by atoms with E-state index in [2.05, 4.69) is 15.0 Å². The van der Waals surface area contributed by atoms with Crippen LogP contribution in [-0.4, -0.2) is 22.1 Å². The van der Waals surface area contributed by atoms with Gasteiger partial charge in [0.05, 0.1) is 18.0 Å². The minimum atomic E-state index is -0.224. The lowest BCUT2D eigenvalue weighted by Gasteiger charge is -2.06. The summed E-state index contributed by atoms with van der Waals surface area (Å²) < 4.78 is 10.6. The lowest BCUT2D eigenvalue weighted by Crippen LogP contribution is -2.13. The number of nitrogens with one attached hydrogen (secondary N) is 1. The van der Waals surface area contributed by atoms with Crippen molar-refractivity contribution in [2.24, 2.45) is 0 Å². The second-order valence-electron chi connectivity index (χ2n) is 4.35. The van der Waals surface area contributed by atoms with E-state index in [1.807, 2.05) is 6.07 Å². The average Bonchev–Trinajstić information content (AvgIpc) is 2.54. The van der Waals surface area contributed by atoms with E-state index in [9.17, 15) is 4.79 Å². The number of aromatic nitrogens is 3. The first kappa shape index (κ1) is 13.1. The van der Waals surface area contributed by atoms with Crippen molar-refractivity contribution in [2.75, 3.05) is 7.11 Å². The monoisotopic (exact) mass is 283 g/mol. The van der Waals surface area contributed by atoms with Crippen LogP contribution >= 0.6 is 0 Å². The summed E-state index contributed by atoms with van der Waals surface area (Å²) in [7, 11) is 1.55. The third kappa shape index (κ3) is 2.84. The molecule has 2 heterocycles. The fourth-order valence-electron chi connectivity index (χ4n) is 1.94. The van der Waals surface area contributed by atoms with E-state index in [1.54, 1.807) is 43.6 Å². The first-order chi connectivity index (χ1) is 10.3. The van der Waals surface area contributed by atoms with Gasteiger partial charge in [0.25, 0.3) is 5.56 Å². The van der Waals surface area contributed by atoms with Gasteiger partial charge in [0, 0.05) is 12.3 Å². The number of nitrogens with zero attached hydrogens (tertiary/aromatic N) is 2. The number of hydrogen-bond donors (Lipinski definition) is 1. The van der Waals surface area contributed by atoms with Crippen molar-refractivity contribution >= 4 is 10.9 Å². The summed E-state index contributed by atoms with van der Waals surface area (Å²) in [5.41, 5.74) is 0.373. The quantitative estimate of drug-likeness (QED) is 0.791. The number of pyridine rings is 1. The van der Waals surface area contributed by atoms with Gasteiger partial charge in [-0.1, -0.05) is 6.07 Å². The fourth-order valence-corrected chi connectivity index (χ4v) is 1.94. The van der Waals surface area contributed by atoms with Crippen LogP contribution in [0, 0.1) is 0 Å². The zero-order valence-corrected chi connectivity index (χ0v) is 11.4. The fraction of sp³-hybridized carbons (Fsp3) is 0.133. The average molecular weight is 283 g/mol. The Morgan fingerprint density at radius 1 is 1.24 bits per heavy atom. The first-order valence-electron chi connectivity index (χ1n) is 6.37. The first-order valence-corrected chi connectivity index (χ1v) is 6.37. The van der Waals surface area contributed by atoms with E-state index in [1.165, 1.54) is 0 Å². The second kappa shape index (κ2) is 5.62. The van der Waals surface area contributed by atoms with E-state index in [0.717, 1.165) is 0 Å². The van der Waals surface area contributed by atoms with Gasteiger partial charge < -0.3 is 14.5 Å². The Kier molecular flexibility index (Phi) is 3.51. The second-order valence-corrected chi connectivity index (χ2v) is 4.35. The molecule has 1 aromatic carbocycles. The van der Waals surface area contributed by atoms with E-state index in [0.29, 0.717) is 28.4 Å². The zero-order chi connectivity index (χ0) is 14.7. The molecule has 3 rings (SSSR count). The molecule has 1 N–H and O–H groups in total. The highest BCUT2D eigenvalue weighted by atomic mass is 16.5. The zero-order valence-electron chi connectivity index (χ0n) is 11.4. The van der Waals surface area contributed by atoms with Crippen molar-refractivity contribution in [2.45, 2.75) is 6.61 Å². The van der Waals surface area contributed by atoms with Crippen LogP contribution in [0.5, 0.6) is 11.6 Å². The SMILES string of the molecule is COc1ccc2nc(COc3ccccn3)[nH]c(=O)c2c1. The van der Waals surface area contributed by atoms with Gasteiger partial charge in [-0.05, 0) is 24.3 Å². The summed E-state index contributed by atoms with van der Waals surface area (Å²) in [5.74, 6) is 1.55. The molecule has 0 saturated heterocycles. The van der Waals surface area contributed by atoms with E-state index in [4.69, 9.17) is 9.47 Å². The van der Waals surface area contributed by atoms with E-state index < -0.39 is 0 Å². The van der Waals surface area contributed by atoms with Crippen LogP contribution in [0.15, 0.2) is 47.4 Å². The molecule has 0 fully saturated rings.